The molecule has 1 aliphatic rings. The summed E-state index contributed by atoms with van der Waals surface area (Å²) in [5.74, 6) is -0.308. The third-order valence-corrected chi connectivity index (χ3v) is 12.0. The highest BCUT2D eigenvalue weighted by Crippen LogP contribution is 2.23. The number of esters is 1. The molecule has 1 aliphatic heterocycles. The van der Waals surface area contributed by atoms with E-state index in [9.17, 15) is 25.2 Å². The minimum atomic E-state index is -1.53. The van der Waals surface area contributed by atoms with Crippen LogP contribution in [0.3, 0.4) is 0 Å². The molecule has 1 saturated heterocycles. The molecule has 4 N–H and O–H groups in total. The summed E-state index contributed by atoms with van der Waals surface area (Å²) >= 11 is 0. The molecule has 0 aromatic rings. The summed E-state index contributed by atoms with van der Waals surface area (Å²) in [6.45, 7) is 4.61. The second-order valence-electron chi connectivity index (χ2n) is 17.6. The lowest BCUT2D eigenvalue weighted by Crippen LogP contribution is -2.59. The smallest absolute Gasteiger partial charge is 0.306 e. The number of carbonyl (C=O) groups is 1. The first-order chi connectivity index (χ1) is 28.4. The molecule has 0 spiro atoms. The molecule has 9 nitrogen and oxygen atoms in total. The molecule has 0 bridgehead atoms. The highest BCUT2D eigenvalue weighted by Gasteiger charge is 2.44. The molecule has 0 amide bonds. The van der Waals surface area contributed by atoms with Gasteiger partial charge in [-0.2, -0.15) is 0 Å². The molecule has 0 radical (unpaired) electrons. The molecular formula is C49H96O9. The monoisotopic (exact) mass is 829 g/mol. The van der Waals surface area contributed by atoms with Crippen LogP contribution in [0.25, 0.3) is 0 Å². The van der Waals surface area contributed by atoms with Gasteiger partial charge in [0.25, 0.3) is 0 Å². The van der Waals surface area contributed by atoms with Gasteiger partial charge in [0.05, 0.1) is 19.8 Å². The van der Waals surface area contributed by atoms with E-state index in [1.807, 2.05) is 0 Å². The topological polar surface area (TPSA) is 135 Å². The largest absolute Gasteiger partial charge is 0.457 e. The van der Waals surface area contributed by atoms with Gasteiger partial charge in [0.15, 0.2) is 6.29 Å². The molecule has 9 heteroatoms. The van der Waals surface area contributed by atoms with Gasteiger partial charge in [0.2, 0.25) is 0 Å². The molecule has 0 aliphatic carbocycles. The van der Waals surface area contributed by atoms with E-state index in [0.717, 1.165) is 32.1 Å². The zero-order valence-electron chi connectivity index (χ0n) is 38.1. The summed E-state index contributed by atoms with van der Waals surface area (Å²) in [5, 5.41) is 40.1. The van der Waals surface area contributed by atoms with Crippen LogP contribution in [0.2, 0.25) is 0 Å². The maximum Gasteiger partial charge on any atom is 0.306 e. The Balaban J connectivity index is 2.14. The van der Waals surface area contributed by atoms with Crippen molar-refractivity contribution < 1.29 is 44.2 Å². The maximum absolute atomic E-state index is 12.8. The molecule has 1 rings (SSSR count). The van der Waals surface area contributed by atoms with Crippen molar-refractivity contribution in [1.82, 2.24) is 0 Å². The second-order valence-corrected chi connectivity index (χ2v) is 17.6. The minimum absolute atomic E-state index is 0.105. The van der Waals surface area contributed by atoms with Crippen molar-refractivity contribution in [2.45, 2.75) is 282 Å². The third kappa shape index (κ3) is 32.0. The summed E-state index contributed by atoms with van der Waals surface area (Å²) in [7, 11) is 0. The third-order valence-electron chi connectivity index (χ3n) is 12.0. The Morgan fingerprint density at radius 1 is 0.483 bits per heavy atom. The molecule has 6 unspecified atom stereocenters. The summed E-state index contributed by atoms with van der Waals surface area (Å²) in [6, 6.07) is 0. The Hall–Kier alpha value is -0.810. The number of aliphatic hydroxyl groups excluding tert-OH is 4. The quantitative estimate of drug-likeness (QED) is 0.0350. The summed E-state index contributed by atoms with van der Waals surface area (Å²) in [5.41, 5.74) is 0. The Kier molecular flexibility index (Phi) is 39.5. The van der Waals surface area contributed by atoms with E-state index in [-0.39, 0.29) is 19.2 Å². The predicted molar refractivity (Wildman–Crippen MR) is 238 cm³/mol. The van der Waals surface area contributed by atoms with Crippen LogP contribution in [-0.4, -0.2) is 89.6 Å². The van der Waals surface area contributed by atoms with Crippen LogP contribution < -0.4 is 0 Å². The normalized spacial score (nSPS) is 20.1. The number of hydrogen-bond donors (Lipinski definition) is 4. The number of aliphatic hydroxyl groups is 4. The first-order valence-corrected chi connectivity index (χ1v) is 25.1. The van der Waals surface area contributed by atoms with Gasteiger partial charge in [-0.05, 0) is 12.8 Å². The van der Waals surface area contributed by atoms with E-state index in [1.54, 1.807) is 0 Å². The number of unbranched alkanes of at least 4 members (excludes halogenated alkanes) is 33. The van der Waals surface area contributed by atoms with Crippen molar-refractivity contribution >= 4 is 5.97 Å². The molecule has 6 atom stereocenters. The maximum atomic E-state index is 12.8. The molecule has 58 heavy (non-hydrogen) atoms. The molecule has 0 aromatic heterocycles. The van der Waals surface area contributed by atoms with Crippen molar-refractivity contribution in [3.05, 3.63) is 0 Å². The van der Waals surface area contributed by atoms with Crippen molar-refractivity contribution in [3.63, 3.8) is 0 Å². The van der Waals surface area contributed by atoms with Gasteiger partial charge in [0.1, 0.15) is 30.5 Å². The number of hydrogen-bond acceptors (Lipinski definition) is 9. The van der Waals surface area contributed by atoms with Crippen LogP contribution in [0.4, 0.5) is 0 Å². The van der Waals surface area contributed by atoms with E-state index in [1.165, 1.54) is 193 Å². The van der Waals surface area contributed by atoms with Gasteiger partial charge in [-0.1, -0.05) is 226 Å². The van der Waals surface area contributed by atoms with Crippen molar-refractivity contribution in [2.75, 3.05) is 26.4 Å². The van der Waals surface area contributed by atoms with E-state index in [2.05, 4.69) is 13.8 Å². The van der Waals surface area contributed by atoms with Gasteiger partial charge >= 0.3 is 5.97 Å². The molecular weight excluding hydrogens is 733 g/mol. The zero-order valence-corrected chi connectivity index (χ0v) is 38.1. The molecule has 1 heterocycles. The van der Waals surface area contributed by atoms with Gasteiger partial charge in [-0.15, -0.1) is 0 Å². The summed E-state index contributed by atoms with van der Waals surface area (Å²) < 4.78 is 22.9. The fourth-order valence-corrected chi connectivity index (χ4v) is 8.08. The van der Waals surface area contributed by atoms with Gasteiger partial charge in [0, 0.05) is 13.0 Å². The number of ether oxygens (including phenoxy) is 4. The van der Waals surface area contributed by atoms with Gasteiger partial charge < -0.3 is 39.4 Å². The standard InChI is InChI=1S/C49H96O9/c1-3-5-7-9-11-13-15-17-18-19-20-21-22-23-24-25-26-27-29-31-33-35-37-39-55-41-43(42-56-49-48(54)47(53)46(52)44(40-50)58-49)57-45(51)38-36-34-32-30-28-16-14-12-10-8-6-4-2/h43-44,46-50,52-54H,3-42H2,1-2H3. The Morgan fingerprint density at radius 2 is 0.845 bits per heavy atom. The van der Waals surface area contributed by atoms with E-state index < -0.39 is 43.4 Å². The summed E-state index contributed by atoms with van der Waals surface area (Å²) in [6.07, 6.45) is 38.6. The summed E-state index contributed by atoms with van der Waals surface area (Å²) in [4.78, 5) is 12.8. The lowest BCUT2D eigenvalue weighted by molar-refractivity contribution is -0.305. The number of carbonyl (C=O) groups excluding carboxylic acids is 1. The zero-order chi connectivity index (χ0) is 42.2. The van der Waals surface area contributed by atoms with Crippen LogP contribution >= 0.6 is 0 Å². The van der Waals surface area contributed by atoms with Crippen LogP contribution in [0, 0.1) is 0 Å². The first-order valence-electron chi connectivity index (χ1n) is 25.1. The highest BCUT2D eigenvalue weighted by molar-refractivity contribution is 5.69. The van der Waals surface area contributed by atoms with Crippen LogP contribution in [-0.2, 0) is 23.7 Å². The SMILES string of the molecule is CCCCCCCCCCCCCCCCCCCCCCCCCOCC(COC1OC(CO)C(O)C(O)C1O)OC(=O)CCCCCCCCCCCCCC. The fraction of sp³-hybridized carbons (Fsp3) is 0.980. The van der Waals surface area contributed by atoms with E-state index >= 15 is 0 Å². The Morgan fingerprint density at radius 3 is 1.22 bits per heavy atom. The fourth-order valence-electron chi connectivity index (χ4n) is 8.08. The Labute approximate surface area is 357 Å². The first kappa shape index (κ1) is 55.2. The van der Waals surface area contributed by atoms with Crippen molar-refractivity contribution in [3.8, 4) is 0 Å². The number of rotatable bonds is 44. The van der Waals surface area contributed by atoms with Crippen LogP contribution in [0.1, 0.15) is 245 Å². The molecule has 0 saturated carbocycles. The predicted octanol–water partition coefficient (Wildman–Crippen LogP) is 11.8. The van der Waals surface area contributed by atoms with E-state index in [4.69, 9.17) is 18.9 Å². The molecule has 346 valence electrons. The average molecular weight is 829 g/mol. The molecule has 1 fully saturated rings. The highest BCUT2D eigenvalue weighted by atomic mass is 16.7. The second kappa shape index (κ2) is 41.5. The Bertz CT molecular complexity index is 858. The van der Waals surface area contributed by atoms with Gasteiger partial charge in [-0.25, -0.2) is 0 Å². The van der Waals surface area contributed by atoms with Crippen LogP contribution in [0.15, 0.2) is 0 Å². The molecule has 0 aromatic carbocycles. The van der Waals surface area contributed by atoms with Crippen molar-refractivity contribution in [1.29, 1.82) is 0 Å². The van der Waals surface area contributed by atoms with E-state index in [0.29, 0.717) is 13.0 Å². The lowest BCUT2D eigenvalue weighted by Gasteiger charge is -2.39. The minimum Gasteiger partial charge on any atom is -0.457 e. The lowest BCUT2D eigenvalue weighted by atomic mass is 9.99. The average Bonchev–Trinajstić information content (AvgIpc) is 3.22. The van der Waals surface area contributed by atoms with Gasteiger partial charge in [-0.3, -0.25) is 4.79 Å². The van der Waals surface area contributed by atoms with Crippen molar-refractivity contribution in [2.24, 2.45) is 0 Å². The van der Waals surface area contributed by atoms with Crippen LogP contribution in [0.5, 0.6) is 0 Å².